The summed E-state index contributed by atoms with van der Waals surface area (Å²) in [5.74, 6) is 1.72. The lowest BCUT2D eigenvalue weighted by Crippen LogP contribution is -2.03. The van der Waals surface area contributed by atoms with Gasteiger partial charge in [-0.15, -0.1) is 0 Å². The van der Waals surface area contributed by atoms with E-state index in [9.17, 15) is 0 Å². The lowest BCUT2D eigenvalue weighted by Gasteiger charge is -2.11. The Balaban J connectivity index is 2.32. The number of hydrogen-bond acceptors (Lipinski definition) is 4. The van der Waals surface area contributed by atoms with Crippen LogP contribution in [0.3, 0.4) is 0 Å². The Labute approximate surface area is 135 Å². The number of benzene rings is 1. The number of aromatic nitrogens is 2. The van der Waals surface area contributed by atoms with Crippen molar-refractivity contribution in [3.8, 4) is 0 Å². The summed E-state index contributed by atoms with van der Waals surface area (Å²) in [5, 5.41) is 3.99. The summed E-state index contributed by atoms with van der Waals surface area (Å²) in [6, 6.07) is 5.29. The van der Waals surface area contributed by atoms with Gasteiger partial charge >= 0.3 is 0 Å². The summed E-state index contributed by atoms with van der Waals surface area (Å²) in [6.07, 6.45) is 1.72. The molecule has 1 aromatic heterocycles. The molecule has 1 heterocycles. The van der Waals surface area contributed by atoms with Crippen molar-refractivity contribution >= 4 is 56.5 Å². The molecule has 0 aliphatic rings. The summed E-state index contributed by atoms with van der Waals surface area (Å²) in [7, 11) is 0. The van der Waals surface area contributed by atoms with Gasteiger partial charge in [-0.05, 0) is 34.5 Å². The minimum Gasteiger partial charge on any atom is -0.384 e. The number of rotatable bonds is 4. The molecule has 4 nitrogen and oxygen atoms in total. The lowest BCUT2D eigenvalue weighted by molar-refractivity contribution is 0.839. The van der Waals surface area contributed by atoms with Gasteiger partial charge in [0.2, 0.25) is 0 Å². The van der Waals surface area contributed by atoms with Crippen molar-refractivity contribution in [3.63, 3.8) is 0 Å². The van der Waals surface area contributed by atoms with Gasteiger partial charge in [0.1, 0.15) is 17.5 Å². The maximum Gasteiger partial charge on any atom is 0.136 e. The molecule has 20 heavy (non-hydrogen) atoms. The Kier molecular flexibility index (Phi) is 5.07. The molecular weight excluding hydrogens is 363 g/mol. The Hall–Kier alpha value is -1.04. The van der Waals surface area contributed by atoms with E-state index in [1.165, 1.54) is 0 Å². The van der Waals surface area contributed by atoms with E-state index in [1.54, 1.807) is 6.07 Å². The number of nitrogens with zero attached hydrogens (tertiary/aromatic N) is 2. The second kappa shape index (κ2) is 6.61. The molecular formula is C13H13BrCl2N4. The fourth-order valence-corrected chi connectivity index (χ4v) is 2.50. The van der Waals surface area contributed by atoms with Crippen molar-refractivity contribution in [2.45, 2.75) is 19.8 Å². The fraction of sp³-hybridized carbons (Fsp3) is 0.231. The highest BCUT2D eigenvalue weighted by atomic mass is 79.9. The second-order valence-electron chi connectivity index (χ2n) is 4.19. The predicted octanol–water partition coefficient (Wildman–Crippen LogP) is 4.82. The highest BCUT2D eigenvalue weighted by molar-refractivity contribution is 9.10. The number of halogens is 3. The van der Waals surface area contributed by atoms with Crippen molar-refractivity contribution in [1.29, 1.82) is 0 Å². The molecule has 7 heteroatoms. The Bertz CT molecular complexity index is 634. The minimum atomic E-state index is 0.422. The van der Waals surface area contributed by atoms with E-state index in [2.05, 4.69) is 38.1 Å². The van der Waals surface area contributed by atoms with Crippen molar-refractivity contribution < 1.29 is 0 Å². The molecule has 0 aliphatic heterocycles. The van der Waals surface area contributed by atoms with Crippen LogP contribution >= 0.6 is 39.1 Å². The number of anilines is 3. The zero-order valence-electron chi connectivity index (χ0n) is 10.8. The van der Waals surface area contributed by atoms with Crippen molar-refractivity contribution in [2.75, 3.05) is 11.1 Å². The average molecular weight is 376 g/mol. The largest absolute Gasteiger partial charge is 0.384 e. The SMILES string of the molecule is CCCc1nc(N)cc(Nc2ccc(Br)c(Cl)c2Cl)n1. The third-order valence-corrected chi connectivity index (χ3v) is 4.33. The van der Waals surface area contributed by atoms with Gasteiger partial charge in [-0.3, -0.25) is 0 Å². The normalized spacial score (nSPS) is 10.6. The molecule has 2 rings (SSSR count). The Morgan fingerprint density at radius 1 is 1.25 bits per heavy atom. The maximum atomic E-state index is 6.19. The number of hydrogen-bond donors (Lipinski definition) is 2. The molecule has 0 bridgehead atoms. The highest BCUT2D eigenvalue weighted by Gasteiger charge is 2.10. The van der Waals surface area contributed by atoms with Crippen LogP contribution in [0, 0.1) is 0 Å². The van der Waals surface area contributed by atoms with E-state index in [0.29, 0.717) is 33.2 Å². The van der Waals surface area contributed by atoms with E-state index in [4.69, 9.17) is 28.9 Å². The van der Waals surface area contributed by atoms with Gasteiger partial charge in [0.05, 0.1) is 15.7 Å². The van der Waals surface area contributed by atoms with Crippen LogP contribution in [0.15, 0.2) is 22.7 Å². The van der Waals surface area contributed by atoms with Gasteiger partial charge < -0.3 is 11.1 Å². The van der Waals surface area contributed by atoms with Gasteiger partial charge in [-0.2, -0.15) is 0 Å². The first-order chi connectivity index (χ1) is 9.51. The molecule has 106 valence electrons. The zero-order chi connectivity index (χ0) is 14.7. The number of aryl methyl sites for hydroxylation is 1. The minimum absolute atomic E-state index is 0.422. The van der Waals surface area contributed by atoms with Crippen LogP contribution in [-0.4, -0.2) is 9.97 Å². The Morgan fingerprint density at radius 2 is 2.00 bits per heavy atom. The summed E-state index contributed by atoms with van der Waals surface area (Å²) in [4.78, 5) is 8.58. The fourth-order valence-electron chi connectivity index (χ4n) is 1.68. The molecule has 2 aromatic rings. The zero-order valence-corrected chi connectivity index (χ0v) is 13.8. The Morgan fingerprint density at radius 3 is 2.70 bits per heavy atom. The van der Waals surface area contributed by atoms with Crippen LogP contribution in [-0.2, 0) is 6.42 Å². The molecule has 0 saturated carbocycles. The smallest absolute Gasteiger partial charge is 0.136 e. The number of nitrogens with two attached hydrogens (primary N) is 1. The van der Waals surface area contributed by atoms with E-state index >= 15 is 0 Å². The predicted molar refractivity (Wildman–Crippen MR) is 87.9 cm³/mol. The molecule has 0 saturated heterocycles. The first kappa shape index (κ1) is 15.4. The number of nitrogens with one attached hydrogen (secondary N) is 1. The molecule has 0 amide bonds. The van der Waals surface area contributed by atoms with Crippen LogP contribution in [0.4, 0.5) is 17.3 Å². The third kappa shape index (κ3) is 3.53. The summed E-state index contributed by atoms with van der Waals surface area (Å²) >= 11 is 15.6. The van der Waals surface area contributed by atoms with Gasteiger partial charge in [0, 0.05) is 17.0 Å². The van der Waals surface area contributed by atoms with Crippen LogP contribution < -0.4 is 11.1 Å². The summed E-state index contributed by atoms with van der Waals surface area (Å²) in [5.41, 5.74) is 6.44. The van der Waals surface area contributed by atoms with Crippen molar-refractivity contribution in [1.82, 2.24) is 9.97 Å². The van der Waals surface area contributed by atoms with Gasteiger partial charge in [-0.25, -0.2) is 9.97 Å². The standard InChI is InChI=1S/C13H13BrCl2N4/c1-2-3-10-19-9(17)6-11(20-10)18-8-5-4-7(14)12(15)13(8)16/h4-6H,2-3H2,1H3,(H3,17,18,19,20). The van der Waals surface area contributed by atoms with Gasteiger partial charge in [0.25, 0.3) is 0 Å². The average Bonchev–Trinajstić information content (AvgIpc) is 2.39. The molecule has 0 atom stereocenters. The van der Waals surface area contributed by atoms with Gasteiger partial charge in [0.15, 0.2) is 0 Å². The topological polar surface area (TPSA) is 63.8 Å². The highest BCUT2D eigenvalue weighted by Crippen LogP contribution is 2.36. The number of nitrogen functional groups attached to an aromatic ring is 1. The molecule has 3 N–H and O–H groups in total. The molecule has 0 fully saturated rings. The molecule has 0 unspecified atom stereocenters. The van der Waals surface area contributed by atoms with Crippen LogP contribution in [0.25, 0.3) is 0 Å². The summed E-state index contributed by atoms with van der Waals surface area (Å²) < 4.78 is 0.739. The van der Waals surface area contributed by atoms with Crippen molar-refractivity contribution in [3.05, 3.63) is 38.5 Å². The molecule has 0 spiro atoms. The summed E-state index contributed by atoms with van der Waals surface area (Å²) in [6.45, 7) is 2.06. The van der Waals surface area contributed by atoms with E-state index in [0.717, 1.165) is 17.3 Å². The van der Waals surface area contributed by atoms with Crippen LogP contribution in [0.5, 0.6) is 0 Å². The first-order valence-corrected chi connectivity index (χ1v) is 7.60. The monoisotopic (exact) mass is 374 g/mol. The first-order valence-electron chi connectivity index (χ1n) is 6.05. The van der Waals surface area contributed by atoms with Crippen molar-refractivity contribution in [2.24, 2.45) is 0 Å². The van der Waals surface area contributed by atoms with E-state index in [-0.39, 0.29) is 0 Å². The van der Waals surface area contributed by atoms with Crippen LogP contribution in [0.2, 0.25) is 10.0 Å². The quantitative estimate of drug-likeness (QED) is 0.751. The third-order valence-electron chi connectivity index (χ3n) is 2.56. The second-order valence-corrected chi connectivity index (χ2v) is 5.80. The lowest BCUT2D eigenvalue weighted by atomic mass is 10.3. The van der Waals surface area contributed by atoms with Gasteiger partial charge in [-0.1, -0.05) is 30.1 Å². The van der Waals surface area contributed by atoms with E-state index in [1.807, 2.05) is 12.1 Å². The molecule has 0 radical (unpaired) electrons. The van der Waals surface area contributed by atoms with E-state index < -0.39 is 0 Å². The maximum absolute atomic E-state index is 6.19. The molecule has 1 aromatic carbocycles. The van der Waals surface area contributed by atoms with Crippen LogP contribution in [0.1, 0.15) is 19.2 Å². The molecule has 0 aliphatic carbocycles.